The molecule has 1 saturated heterocycles. The third-order valence-electron chi connectivity index (χ3n) is 5.88. The Morgan fingerprint density at radius 2 is 1.90 bits per heavy atom. The molecule has 1 fully saturated rings. The van der Waals surface area contributed by atoms with E-state index in [0.717, 1.165) is 65.1 Å². The van der Waals surface area contributed by atoms with Crippen LogP contribution in [0.2, 0.25) is 0 Å². The van der Waals surface area contributed by atoms with Gasteiger partial charge in [0, 0.05) is 30.6 Å². The van der Waals surface area contributed by atoms with Crippen LogP contribution in [-0.2, 0) is 11.2 Å². The molecule has 30 heavy (non-hydrogen) atoms. The van der Waals surface area contributed by atoms with Crippen LogP contribution in [0.1, 0.15) is 12.8 Å². The maximum atomic E-state index is 12.6. The highest BCUT2D eigenvalue weighted by atomic mass is 32.2. The van der Waals surface area contributed by atoms with Crippen LogP contribution in [0, 0.1) is 5.92 Å². The fraction of sp³-hybridized carbons (Fsp3) is 0.375. The molecule has 0 radical (unpaired) electrons. The van der Waals surface area contributed by atoms with Gasteiger partial charge in [-0.3, -0.25) is 4.98 Å². The number of nitrogens with zero attached hydrogens (tertiary/aromatic N) is 3. The van der Waals surface area contributed by atoms with Gasteiger partial charge in [0.1, 0.15) is 17.7 Å². The van der Waals surface area contributed by atoms with Crippen molar-refractivity contribution in [2.24, 2.45) is 5.92 Å². The van der Waals surface area contributed by atoms with Gasteiger partial charge in [-0.05, 0) is 67.8 Å². The van der Waals surface area contributed by atoms with Gasteiger partial charge in [-0.2, -0.15) is 0 Å². The largest absolute Gasteiger partial charge is 0.612 e. The smallest absolute Gasteiger partial charge is 0.194 e. The number of fused-ring (bicyclic) bond motifs is 1. The second kappa shape index (κ2) is 8.84. The van der Waals surface area contributed by atoms with Gasteiger partial charge < -0.3 is 19.5 Å². The minimum Gasteiger partial charge on any atom is -0.612 e. The van der Waals surface area contributed by atoms with Crippen LogP contribution in [0.15, 0.2) is 53.6 Å². The lowest BCUT2D eigenvalue weighted by Gasteiger charge is -2.35. The highest BCUT2D eigenvalue weighted by Crippen LogP contribution is 2.38. The number of aromatic hydroxyl groups is 1. The fourth-order valence-electron chi connectivity index (χ4n) is 4.44. The Balaban J connectivity index is 1.77. The van der Waals surface area contributed by atoms with Gasteiger partial charge >= 0.3 is 0 Å². The predicted octanol–water partition coefficient (Wildman–Crippen LogP) is 4.12. The summed E-state index contributed by atoms with van der Waals surface area (Å²) in [7, 11) is 4.25. The van der Waals surface area contributed by atoms with Crippen LogP contribution in [0.5, 0.6) is 5.75 Å². The van der Waals surface area contributed by atoms with E-state index in [1.54, 1.807) is 18.5 Å². The average Bonchev–Trinajstić information content (AvgIpc) is 2.73. The molecule has 1 aliphatic rings. The molecule has 1 aliphatic heterocycles. The van der Waals surface area contributed by atoms with Crippen molar-refractivity contribution in [2.45, 2.75) is 17.7 Å². The zero-order chi connectivity index (χ0) is 21.3. The minimum absolute atomic E-state index is 0.256. The predicted molar refractivity (Wildman–Crippen MR) is 125 cm³/mol. The first kappa shape index (κ1) is 21.0. The Kier molecular flexibility index (Phi) is 6.18. The Labute approximate surface area is 181 Å². The number of aromatic nitrogens is 1. The van der Waals surface area contributed by atoms with Crippen LogP contribution in [-0.4, -0.2) is 59.5 Å². The minimum atomic E-state index is -1.13. The Morgan fingerprint density at radius 1 is 1.17 bits per heavy atom. The highest BCUT2D eigenvalue weighted by Gasteiger charge is 2.27. The summed E-state index contributed by atoms with van der Waals surface area (Å²) in [5.74, 6) is 0.947. The summed E-state index contributed by atoms with van der Waals surface area (Å²) >= 11 is -1.13. The SMILES string of the molecule is CN(C)CC1CCN(c2c([S+](C)[O-])cnc3ccc(-c4ccccc4O)cc23)CC1. The van der Waals surface area contributed by atoms with Crippen molar-refractivity contribution in [3.63, 3.8) is 0 Å². The first-order chi connectivity index (χ1) is 14.4. The Morgan fingerprint density at radius 3 is 2.57 bits per heavy atom. The first-order valence-electron chi connectivity index (χ1n) is 10.4. The number of phenolic OH excluding ortho intramolecular Hbond substituents is 1. The Hall–Kier alpha value is -2.28. The van der Waals surface area contributed by atoms with Gasteiger partial charge in [0.25, 0.3) is 0 Å². The standard InChI is InChI=1S/C24H29N3O2S/c1-26(2)16-17-10-12-27(13-11-17)24-20-14-18(19-6-4-5-7-22(19)28)8-9-21(20)25-15-23(24)30(3)29/h4-9,14-15,17,28H,10-13,16H2,1-3H3. The molecular weight excluding hydrogens is 394 g/mol. The van der Waals surface area contributed by atoms with Gasteiger partial charge in [0.2, 0.25) is 0 Å². The van der Waals surface area contributed by atoms with Gasteiger partial charge in [-0.15, -0.1) is 0 Å². The summed E-state index contributed by atoms with van der Waals surface area (Å²) in [6.45, 7) is 3.00. The molecule has 5 nitrogen and oxygen atoms in total. The van der Waals surface area contributed by atoms with E-state index in [1.807, 2.05) is 30.3 Å². The molecule has 0 aliphatic carbocycles. The third-order valence-corrected chi connectivity index (χ3v) is 6.80. The molecule has 0 saturated carbocycles. The molecule has 2 heterocycles. The van der Waals surface area contributed by atoms with Crippen molar-refractivity contribution in [3.05, 3.63) is 48.7 Å². The van der Waals surface area contributed by atoms with Crippen LogP contribution >= 0.6 is 0 Å². The van der Waals surface area contributed by atoms with E-state index >= 15 is 0 Å². The van der Waals surface area contributed by atoms with Gasteiger partial charge in [0.15, 0.2) is 4.90 Å². The second-order valence-corrected chi connectivity index (χ2v) is 9.71. The zero-order valence-corrected chi connectivity index (χ0v) is 18.7. The molecule has 0 spiro atoms. The molecule has 158 valence electrons. The number of rotatable bonds is 5. The summed E-state index contributed by atoms with van der Waals surface area (Å²) in [5.41, 5.74) is 3.64. The molecule has 3 aromatic rings. The number of pyridine rings is 1. The molecule has 1 N–H and O–H groups in total. The molecule has 2 aromatic carbocycles. The van der Waals surface area contributed by atoms with Crippen molar-refractivity contribution in [1.29, 1.82) is 0 Å². The van der Waals surface area contributed by atoms with E-state index in [4.69, 9.17) is 0 Å². The number of phenols is 1. The number of hydrogen-bond donors (Lipinski definition) is 1. The monoisotopic (exact) mass is 423 g/mol. The quantitative estimate of drug-likeness (QED) is 0.626. The lowest BCUT2D eigenvalue weighted by molar-refractivity contribution is 0.285. The maximum Gasteiger partial charge on any atom is 0.194 e. The van der Waals surface area contributed by atoms with E-state index in [2.05, 4.69) is 34.9 Å². The topological polar surface area (TPSA) is 62.7 Å². The zero-order valence-electron chi connectivity index (χ0n) is 17.8. The molecular formula is C24H29N3O2S. The van der Waals surface area contributed by atoms with Gasteiger partial charge in [-0.25, -0.2) is 0 Å². The summed E-state index contributed by atoms with van der Waals surface area (Å²) in [6, 6.07) is 13.4. The number of anilines is 1. The normalized spacial score (nSPS) is 16.4. The van der Waals surface area contributed by atoms with Crippen LogP contribution in [0.25, 0.3) is 22.0 Å². The van der Waals surface area contributed by atoms with Crippen molar-refractivity contribution in [3.8, 4) is 16.9 Å². The molecule has 0 bridgehead atoms. The van der Waals surface area contributed by atoms with E-state index in [-0.39, 0.29) is 5.75 Å². The second-order valence-electron chi connectivity index (χ2n) is 8.37. The Bertz CT molecular complexity index is 1030. The number of piperidine rings is 1. The van der Waals surface area contributed by atoms with E-state index < -0.39 is 11.2 Å². The molecule has 1 aromatic heterocycles. The number of para-hydroxylation sites is 1. The molecule has 1 unspecified atom stereocenters. The van der Waals surface area contributed by atoms with Gasteiger partial charge in [0.05, 0.1) is 11.7 Å². The lowest BCUT2D eigenvalue weighted by atomic mass is 9.95. The lowest BCUT2D eigenvalue weighted by Crippen LogP contribution is -2.37. The van der Waals surface area contributed by atoms with Crippen LogP contribution in [0.3, 0.4) is 0 Å². The van der Waals surface area contributed by atoms with E-state index in [1.165, 1.54) is 0 Å². The fourth-order valence-corrected chi connectivity index (χ4v) is 5.15. The number of benzene rings is 2. The molecule has 0 amide bonds. The van der Waals surface area contributed by atoms with Gasteiger partial charge in [-0.1, -0.05) is 24.3 Å². The summed E-state index contributed by atoms with van der Waals surface area (Å²) in [5, 5.41) is 11.3. The van der Waals surface area contributed by atoms with Crippen molar-refractivity contribution in [2.75, 3.05) is 44.9 Å². The van der Waals surface area contributed by atoms with Crippen LogP contribution in [0.4, 0.5) is 5.69 Å². The molecule has 1 atom stereocenters. The third kappa shape index (κ3) is 4.26. The summed E-state index contributed by atoms with van der Waals surface area (Å²) in [6.07, 6.45) is 5.73. The summed E-state index contributed by atoms with van der Waals surface area (Å²) in [4.78, 5) is 9.99. The molecule has 4 rings (SSSR count). The van der Waals surface area contributed by atoms with Crippen molar-refractivity contribution >= 4 is 27.8 Å². The van der Waals surface area contributed by atoms with Crippen molar-refractivity contribution < 1.29 is 9.66 Å². The highest BCUT2D eigenvalue weighted by molar-refractivity contribution is 7.90. The maximum absolute atomic E-state index is 12.6. The summed E-state index contributed by atoms with van der Waals surface area (Å²) < 4.78 is 12.6. The molecule has 6 heteroatoms. The van der Waals surface area contributed by atoms with E-state index in [9.17, 15) is 9.66 Å². The first-order valence-corrected chi connectivity index (χ1v) is 11.9. The van der Waals surface area contributed by atoms with Crippen molar-refractivity contribution in [1.82, 2.24) is 9.88 Å². The van der Waals surface area contributed by atoms with Crippen LogP contribution < -0.4 is 4.90 Å². The number of hydrogen-bond acceptors (Lipinski definition) is 5. The van der Waals surface area contributed by atoms with E-state index in [0.29, 0.717) is 5.92 Å². The average molecular weight is 424 g/mol.